The van der Waals surface area contributed by atoms with Crippen LogP contribution in [0, 0.1) is 13.8 Å². The summed E-state index contributed by atoms with van der Waals surface area (Å²) in [6, 6.07) is 4.90. The summed E-state index contributed by atoms with van der Waals surface area (Å²) >= 11 is 0. The Morgan fingerprint density at radius 1 is 1.10 bits per heavy atom. The van der Waals surface area contributed by atoms with Gasteiger partial charge in [-0.05, 0) is 64.5 Å². The molecular weight excluding hydrogens is 641 g/mol. The van der Waals surface area contributed by atoms with Crippen molar-refractivity contribution in [3.05, 3.63) is 76.4 Å². The van der Waals surface area contributed by atoms with Gasteiger partial charge in [0.05, 0.1) is 17.3 Å². The summed E-state index contributed by atoms with van der Waals surface area (Å²) in [5.74, 6) is 0.832. The maximum atomic E-state index is 14.1. The van der Waals surface area contributed by atoms with Crippen LogP contribution in [-0.4, -0.2) is 84.5 Å². The number of nitrogens with zero attached hydrogens (tertiary/aromatic N) is 8. The van der Waals surface area contributed by atoms with Crippen LogP contribution in [0.3, 0.4) is 0 Å². The van der Waals surface area contributed by atoms with E-state index in [-0.39, 0.29) is 53.0 Å². The Hall–Kier alpha value is -5.21. The molecule has 4 aromatic rings. The van der Waals surface area contributed by atoms with Crippen LogP contribution in [0.1, 0.15) is 59.6 Å². The summed E-state index contributed by atoms with van der Waals surface area (Å²) < 4.78 is 56.7. The lowest BCUT2D eigenvalue weighted by Crippen LogP contribution is -2.60. The molecule has 5 heterocycles. The molecule has 6 rings (SSSR count). The predicted molar refractivity (Wildman–Crippen MR) is 174 cm³/mol. The summed E-state index contributed by atoms with van der Waals surface area (Å²) in [4.78, 5) is 43.5. The average molecular weight is 679 g/mol. The molecule has 2 aliphatic rings. The van der Waals surface area contributed by atoms with Crippen molar-refractivity contribution >= 4 is 23.9 Å². The van der Waals surface area contributed by atoms with E-state index in [0.29, 0.717) is 41.8 Å². The number of benzene rings is 1. The maximum absolute atomic E-state index is 14.1. The van der Waals surface area contributed by atoms with Crippen molar-refractivity contribution in [2.24, 2.45) is 7.05 Å². The van der Waals surface area contributed by atoms with E-state index < -0.39 is 23.6 Å². The lowest BCUT2D eigenvalue weighted by atomic mass is 9.91. The second kappa shape index (κ2) is 12.3. The first-order valence-electron chi connectivity index (χ1n) is 15.7. The highest BCUT2D eigenvalue weighted by molar-refractivity contribution is 6.15. The Morgan fingerprint density at radius 3 is 2.47 bits per heavy atom. The minimum absolute atomic E-state index is 0.0621. The van der Waals surface area contributed by atoms with Gasteiger partial charge in [0.1, 0.15) is 23.8 Å². The van der Waals surface area contributed by atoms with E-state index in [2.05, 4.69) is 20.1 Å². The summed E-state index contributed by atoms with van der Waals surface area (Å²) in [6.07, 6.45) is 1.15. The molecule has 0 aliphatic carbocycles. The quantitative estimate of drug-likeness (QED) is 0.245. The predicted octanol–water partition coefficient (Wildman–Crippen LogP) is 5.47. The lowest BCUT2D eigenvalue weighted by Gasteiger charge is -2.44. The standard InChI is InChI=1S/C34H37F3N8O4/c1-19-10-23(40-31(39-19)45-15-24(16-45)43(7)32(47)49-33(3,4)5)13-22-18-48-29-25(27-17-42(6)41-30(27)34(35,36)37)11-21(12-26(29)28(22)46)14-44-9-8-38-20(44)2/h8-13,17,24H,14-16,18H2,1-7H3/b22-13+. The second-order valence-electron chi connectivity index (χ2n) is 13.4. The Bertz CT molecular complexity index is 1970. The number of rotatable bonds is 6. The number of alkyl halides is 3. The third-order valence-corrected chi connectivity index (χ3v) is 8.28. The van der Waals surface area contributed by atoms with Gasteiger partial charge in [-0.25, -0.2) is 19.7 Å². The molecule has 15 heteroatoms. The number of anilines is 1. The topological polar surface area (TPSA) is 120 Å². The Kier molecular flexibility index (Phi) is 8.49. The minimum atomic E-state index is -4.73. The number of amides is 1. The van der Waals surface area contributed by atoms with Crippen molar-refractivity contribution < 1.29 is 32.2 Å². The van der Waals surface area contributed by atoms with Gasteiger partial charge in [0.2, 0.25) is 5.95 Å². The summed E-state index contributed by atoms with van der Waals surface area (Å²) in [7, 11) is 3.11. The molecule has 1 fully saturated rings. The molecule has 0 radical (unpaired) electrons. The molecule has 0 atom stereocenters. The number of Topliss-reactive ketones (excluding diaryl/α,β-unsaturated/α-hetero) is 1. The molecule has 49 heavy (non-hydrogen) atoms. The van der Waals surface area contributed by atoms with Crippen LogP contribution >= 0.6 is 0 Å². The molecule has 0 unspecified atom stereocenters. The zero-order chi connectivity index (χ0) is 35.4. The molecule has 1 saturated heterocycles. The maximum Gasteiger partial charge on any atom is 0.435 e. The first-order valence-corrected chi connectivity index (χ1v) is 15.7. The Balaban J connectivity index is 1.31. The number of hydrogen-bond donors (Lipinski definition) is 0. The van der Waals surface area contributed by atoms with E-state index in [0.717, 1.165) is 4.68 Å². The number of carbonyl (C=O) groups is 2. The number of likely N-dealkylation sites (N-methyl/N-ethyl adjacent to an activating group) is 1. The largest absolute Gasteiger partial charge is 0.487 e. The normalized spacial score (nSPS) is 16.0. The zero-order valence-corrected chi connectivity index (χ0v) is 28.3. The zero-order valence-electron chi connectivity index (χ0n) is 28.3. The highest BCUT2D eigenvalue weighted by Gasteiger charge is 2.40. The number of imidazole rings is 1. The fraction of sp³-hybridized carbons (Fsp3) is 0.412. The van der Waals surface area contributed by atoms with Crippen LogP contribution in [0.4, 0.5) is 23.9 Å². The second-order valence-corrected chi connectivity index (χ2v) is 13.4. The van der Waals surface area contributed by atoms with Gasteiger partial charge in [0.25, 0.3) is 0 Å². The number of halogens is 3. The summed E-state index contributed by atoms with van der Waals surface area (Å²) in [6.45, 7) is 10.2. The van der Waals surface area contributed by atoms with Gasteiger partial charge in [-0.3, -0.25) is 9.48 Å². The molecule has 0 saturated carbocycles. The van der Waals surface area contributed by atoms with E-state index in [1.807, 2.05) is 44.1 Å². The number of carbonyl (C=O) groups excluding carboxylic acids is 2. The van der Waals surface area contributed by atoms with Crippen molar-refractivity contribution in [2.45, 2.75) is 59.0 Å². The van der Waals surface area contributed by atoms with Crippen LogP contribution in [0.2, 0.25) is 0 Å². The van der Waals surface area contributed by atoms with Crippen molar-refractivity contribution in [2.75, 3.05) is 31.6 Å². The molecule has 0 N–H and O–H groups in total. The summed E-state index contributed by atoms with van der Waals surface area (Å²) in [5.41, 5.74) is 0.423. The molecule has 12 nitrogen and oxygen atoms in total. The first-order chi connectivity index (χ1) is 23.0. The number of fused-ring (bicyclic) bond motifs is 1. The fourth-order valence-corrected chi connectivity index (χ4v) is 5.78. The van der Waals surface area contributed by atoms with Crippen molar-refractivity contribution in [1.82, 2.24) is 34.2 Å². The number of ether oxygens (including phenoxy) is 2. The minimum Gasteiger partial charge on any atom is -0.487 e. The van der Waals surface area contributed by atoms with Gasteiger partial charge >= 0.3 is 12.3 Å². The van der Waals surface area contributed by atoms with Gasteiger partial charge < -0.3 is 23.8 Å². The Morgan fingerprint density at radius 2 is 1.82 bits per heavy atom. The number of hydrogen-bond acceptors (Lipinski definition) is 9. The van der Waals surface area contributed by atoms with Gasteiger partial charge in [-0.2, -0.15) is 18.3 Å². The third-order valence-electron chi connectivity index (χ3n) is 8.28. The van der Waals surface area contributed by atoms with Crippen LogP contribution in [-0.2, 0) is 24.5 Å². The SMILES string of the molecule is Cc1cc(/C=C2\COc3c(cc(Cn4ccnc4C)cc3-c3cn(C)nc3C(F)(F)F)C2=O)nc(N2CC(N(C)C(=O)OC(C)(C)C)C2)n1. The molecule has 1 amide bonds. The monoisotopic (exact) mass is 678 g/mol. The van der Waals surface area contributed by atoms with Crippen LogP contribution in [0.5, 0.6) is 5.75 Å². The fourth-order valence-electron chi connectivity index (χ4n) is 5.78. The highest BCUT2D eigenvalue weighted by Crippen LogP contribution is 2.44. The summed E-state index contributed by atoms with van der Waals surface area (Å²) in [5, 5.41) is 3.68. The van der Waals surface area contributed by atoms with Crippen LogP contribution in [0.15, 0.2) is 42.4 Å². The molecule has 3 aromatic heterocycles. The lowest BCUT2D eigenvalue weighted by molar-refractivity contribution is -0.141. The van der Waals surface area contributed by atoms with E-state index in [4.69, 9.17) is 9.47 Å². The average Bonchev–Trinajstić information content (AvgIpc) is 3.57. The first kappa shape index (κ1) is 33.7. The molecule has 0 bridgehead atoms. The molecule has 0 spiro atoms. The number of aromatic nitrogens is 6. The van der Waals surface area contributed by atoms with E-state index in [9.17, 15) is 22.8 Å². The van der Waals surface area contributed by atoms with E-state index in [1.165, 1.54) is 13.2 Å². The molecule has 2 aliphatic heterocycles. The van der Waals surface area contributed by atoms with Crippen molar-refractivity contribution in [1.29, 1.82) is 0 Å². The third kappa shape index (κ3) is 7.01. The van der Waals surface area contributed by atoms with E-state index in [1.54, 1.807) is 48.6 Å². The van der Waals surface area contributed by atoms with Gasteiger partial charge in [0, 0.05) is 74.7 Å². The van der Waals surface area contributed by atoms with Crippen molar-refractivity contribution in [3.8, 4) is 16.9 Å². The molecular formula is C34H37F3N8O4. The van der Waals surface area contributed by atoms with Gasteiger partial charge in [-0.15, -0.1) is 0 Å². The van der Waals surface area contributed by atoms with Crippen molar-refractivity contribution in [3.63, 3.8) is 0 Å². The number of ketones is 1. The van der Waals surface area contributed by atoms with Crippen LogP contribution in [0.25, 0.3) is 17.2 Å². The van der Waals surface area contributed by atoms with Gasteiger partial charge in [-0.1, -0.05) is 0 Å². The Labute approximate surface area is 281 Å². The molecule has 1 aromatic carbocycles. The highest BCUT2D eigenvalue weighted by atomic mass is 19.4. The van der Waals surface area contributed by atoms with Crippen LogP contribution < -0.4 is 9.64 Å². The smallest absolute Gasteiger partial charge is 0.435 e. The van der Waals surface area contributed by atoms with E-state index >= 15 is 0 Å². The molecule has 258 valence electrons. The number of aryl methyl sites for hydroxylation is 3. The van der Waals surface area contributed by atoms with Gasteiger partial charge in [0.15, 0.2) is 11.5 Å².